The predicted octanol–water partition coefficient (Wildman–Crippen LogP) is 6.25. The van der Waals surface area contributed by atoms with Gasteiger partial charge in [-0.25, -0.2) is 8.78 Å². The van der Waals surface area contributed by atoms with E-state index in [0.29, 0.717) is 11.1 Å². The molecule has 37 heavy (non-hydrogen) atoms. The van der Waals surface area contributed by atoms with Gasteiger partial charge in [0.2, 0.25) is 0 Å². The van der Waals surface area contributed by atoms with Crippen LogP contribution in [0.4, 0.5) is 22.0 Å². The summed E-state index contributed by atoms with van der Waals surface area (Å²) in [6, 6.07) is 8.50. The largest absolute Gasteiger partial charge is 0.487 e. The number of halogens is 6. The number of carbonyl (C=O) groups is 3. The van der Waals surface area contributed by atoms with Crippen molar-refractivity contribution in [2.45, 2.75) is 52.6 Å². The van der Waals surface area contributed by atoms with Crippen LogP contribution in [0.3, 0.4) is 0 Å². The number of hydrogen-bond acceptors (Lipinski definition) is 4. The van der Waals surface area contributed by atoms with Crippen LogP contribution in [0.15, 0.2) is 36.4 Å². The molecule has 0 aliphatic heterocycles. The number of amides is 1. The number of carbonyl (C=O) groups excluding carboxylic acids is 3. The lowest BCUT2D eigenvalue weighted by Crippen LogP contribution is -2.39. The summed E-state index contributed by atoms with van der Waals surface area (Å²) in [6.07, 6.45) is -8.03. The van der Waals surface area contributed by atoms with Crippen LogP contribution in [-0.2, 0) is 17.6 Å². The van der Waals surface area contributed by atoms with Gasteiger partial charge >= 0.3 is 6.18 Å². The Balaban J connectivity index is 2.22. The van der Waals surface area contributed by atoms with E-state index in [1.807, 2.05) is 0 Å². The first kappa shape index (κ1) is 30.2. The third-order valence-electron chi connectivity index (χ3n) is 5.73. The molecule has 0 spiro atoms. The maximum atomic E-state index is 13.1. The lowest BCUT2D eigenvalue weighted by atomic mass is 9.84. The van der Waals surface area contributed by atoms with E-state index in [9.17, 15) is 36.3 Å². The predicted molar refractivity (Wildman–Crippen MR) is 129 cm³/mol. The Morgan fingerprint density at radius 3 is 2.22 bits per heavy atom. The van der Waals surface area contributed by atoms with Crippen molar-refractivity contribution in [3.63, 3.8) is 0 Å². The molecular weight excluding hydrogens is 521 g/mol. The molecule has 0 saturated heterocycles. The second-order valence-electron chi connectivity index (χ2n) is 8.85. The molecular formula is C26H27ClF5NO4. The summed E-state index contributed by atoms with van der Waals surface area (Å²) in [4.78, 5) is 37.5. The molecule has 0 atom stereocenters. The van der Waals surface area contributed by atoms with Crippen molar-refractivity contribution in [2.75, 3.05) is 13.2 Å². The Morgan fingerprint density at radius 1 is 1.00 bits per heavy atom. The molecule has 0 radical (unpaired) electrons. The lowest BCUT2D eigenvalue weighted by Gasteiger charge is -2.26. The second kappa shape index (κ2) is 12.5. The van der Waals surface area contributed by atoms with E-state index in [4.69, 9.17) is 16.3 Å². The summed E-state index contributed by atoms with van der Waals surface area (Å²) in [5.74, 6) is -2.05. The van der Waals surface area contributed by atoms with Crippen molar-refractivity contribution >= 4 is 29.1 Å². The Bertz CT molecular complexity index is 1150. The van der Waals surface area contributed by atoms with Crippen molar-refractivity contribution in [3.05, 3.63) is 63.7 Å². The summed E-state index contributed by atoms with van der Waals surface area (Å²) in [5.41, 5.74) is -1.57. The fraction of sp³-hybridized carbons (Fsp3) is 0.423. The molecule has 1 amide bonds. The van der Waals surface area contributed by atoms with E-state index in [1.165, 1.54) is 36.4 Å². The summed E-state index contributed by atoms with van der Waals surface area (Å²) >= 11 is 6.18. The van der Waals surface area contributed by atoms with Gasteiger partial charge in [0, 0.05) is 24.9 Å². The van der Waals surface area contributed by atoms with E-state index < -0.39 is 42.1 Å². The smallest absolute Gasteiger partial charge is 0.400 e. The fourth-order valence-electron chi connectivity index (χ4n) is 3.35. The van der Waals surface area contributed by atoms with Gasteiger partial charge < -0.3 is 10.1 Å². The molecule has 2 rings (SSSR count). The minimum Gasteiger partial charge on any atom is -0.487 e. The number of rotatable bonds is 12. The van der Waals surface area contributed by atoms with Crippen LogP contribution in [0.25, 0.3) is 0 Å². The average molecular weight is 548 g/mol. The van der Waals surface area contributed by atoms with Crippen molar-refractivity contribution in [1.82, 2.24) is 5.32 Å². The van der Waals surface area contributed by atoms with E-state index in [-0.39, 0.29) is 47.7 Å². The van der Waals surface area contributed by atoms with Gasteiger partial charge in [-0.15, -0.1) is 0 Å². The Labute approximate surface area is 216 Å². The standard InChI is InChI=1S/C26H27ClF5NO4/c1-4-33-24(36)18-12-16(6-9-21(18)37-14-23(28)29)13-20(34)17-11-15(5-8-19(17)27)7-10-22(35)25(2,3)26(30,31)32/h5-6,8-9,11-12,23H,4,7,10,13-14H2,1-3H3,(H,33,36). The first-order valence-electron chi connectivity index (χ1n) is 11.4. The summed E-state index contributed by atoms with van der Waals surface area (Å²) in [5, 5.41) is 2.66. The molecule has 202 valence electrons. The Morgan fingerprint density at radius 2 is 1.62 bits per heavy atom. The number of Topliss-reactive ketones (excluding diaryl/α,β-unsaturated/α-hetero) is 2. The van der Waals surface area contributed by atoms with Gasteiger partial charge in [-0.1, -0.05) is 23.7 Å². The Hall–Kier alpha value is -3.01. The highest BCUT2D eigenvalue weighted by molar-refractivity contribution is 6.34. The summed E-state index contributed by atoms with van der Waals surface area (Å²) in [6.45, 7) is 2.70. The monoisotopic (exact) mass is 547 g/mol. The average Bonchev–Trinajstić information content (AvgIpc) is 2.81. The first-order chi connectivity index (χ1) is 17.2. The topological polar surface area (TPSA) is 72.5 Å². The highest BCUT2D eigenvalue weighted by atomic mass is 35.5. The van der Waals surface area contributed by atoms with Gasteiger partial charge in [0.15, 0.2) is 5.78 Å². The zero-order chi connectivity index (χ0) is 28.0. The number of ether oxygens (including phenoxy) is 1. The molecule has 0 aromatic heterocycles. The number of ketones is 2. The van der Waals surface area contributed by atoms with Crippen LogP contribution in [-0.4, -0.2) is 43.2 Å². The van der Waals surface area contributed by atoms with E-state index >= 15 is 0 Å². The molecule has 11 heteroatoms. The third kappa shape index (κ3) is 7.99. The molecule has 0 heterocycles. The molecule has 2 aromatic rings. The molecule has 0 aliphatic rings. The van der Waals surface area contributed by atoms with Crippen LogP contribution < -0.4 is 10.1 Å². The van der Waals surface area contributed by atoms with Gasteiger partial charge in [-0.3, -0.25) is 14.4 Å². The molecule has 0 bridgehead atoms. The van der Waals surface area contributed by atoms with Crippen LogP contribution in [0, 0.1) is 5.41 Å². The molecule has 0 fully saturated rings. The normalized spacial score (nSPS) is 11.9. The van der Waals surface area contributed by atoms with Crippen molar-refractivity contribution in [1.29, 1.82) is 0 Å². The van der Waals surface area contributed by atoms with E-state index in [2.05, 4.69) is 5.32 Å². The number of hydrogen-bond donors (Lipinski definition) is 1. The van der Waals surface area contributed by atoms with Gasteiger partial charge in [0.25, 0.3) is 12.3 Å². The van der Waals surface area contributed by atoms with Gasteiger partial charge in [0.05, 0.1) is 10.6 Å². The number of nitrogens with one attached hydrogen (secondary N) is 1. The molecule has 2 aromatic carbocycles. The quantitative estimate of drug-likeness (QED) is 0.252. The SMILES string of the molecule is CCNC(=O)c1cc(CC(=O)c2cc(CCC(=O)C(C)(C)C(F)(F)F)ccc2Cl)ccc1OCC(F)F. The molecule has 5 nitrogen and oxygen atoms in total. The van der Waals surface area contributed by atoms with E-state index in [0.717, 1.165) is 13.8 Å². The molecule has 1 N–H and O–H groups in total. The third-order valence-corrected chi connectivity index (χ3v) is 6.06. The summed E-state index contributed by atoms with van der Waals surface area (Å²) in [7, 11) is 0. The van der Waals surface area contributed by atoms with Crippen molar-refractivity contribution < 1.29 is 41.1 Å². The zero-order valence-corrected chi connectivity index (χ0v) is 21.2. The number of alkyl halides is 5. The maximum absolute atomic E-state index is 13.1. The van der Waals surface area contributed by atoms with Crippen molar-refractivity contribution in [2.24, 2.45) is 5.41 Å². The fourth-order valence-corrected chi connectivity index (χ4v) is 3.57. The maximum Gasteiger partial charge on any atom is 0.400 e. The lowest BCUT2D eigenvalue weighted by molar-refractivity contribution is -0.210. The highest BCUT2D eigenvalue weighted by Crippen LogP contribution is 2.39. The second-order valence-corrected chi connectivity index (χ2v) is 9.26. The zero-order valence-electron chi connectivity index (χ0n) is 20.5. The minimum atomic E-state index is -4.68. The van der Waals surface area contributed by atoms with Crippen LogP contribution in [0.2, 0.25) is 5.02 Å². The van der Waals surface area contributed by atoms with Gasteiger partial charge in [-0.2, -0.15) is 13.2 Å². The van der Waals surface area contributed by atoms with Crippen LogP contribution >= 0.6 is 11.6 Å². The van der Waals surface area contributed by atoms with Gasteiger partial charge in [0.1, 0.15) is 23.6 Å². The number of benzene rings is 2. The summed E-state index contributed by atoms with van der Waals surface area (Å²) < 4.78 is 69.5. The minimum absolute atomic E-state index is 0.0153. The molecule has 0 saturated carbocycles. The molecule has 0 aliphatic carbocycles. The molecule has 0 unspecified atom stereocenters. The van der Waals surface area contributed by atoms with Crippen LogP contribution in [0.5, 0.6) is 5.75 Å². The number of aryl methyl sites for hydroxylation is 1. The highest BCUT2D eigenvalue weighted by Gasteiger charge is 2.51. The van der Waals surface area contributed by atoms with E-state index in [1.54, 1.807) is 6.92 Å². The first-order valence-corrected chi connectivity index (χ1v) is 11.8. The van der Waals surface area contributed by atoms with Crippen molar-refractivity contribution in [3.8, 4) is 5.75 Å². The Kier molecular flexibility index (Phi) is 10.2. The van der Waals surface area contributed by atoms with Gasteiger partial charge in [-0.05, 0) is 62.6 Å². The van der Waals surface area contributed by atoms with Crippen LogP contribution in [0.1, 0.15) is 59.0 Å².